The highest BCUT2D eigenvalue weighted by Gasteiger charge is 2.57. The third kappa shape index (κ3) is 2.77. The van der Waals surface area contributed by atoms with Gasteiger partial charge in [0.2, 0.25) is 0 Å². The van der Waals surface area contributed by atoms with E-state index in [1.54, 1.807) is 12.1 Å². The first kappa shape index (κ1) is 17.3. The third-order valence-corrected chi connectivity index (χ3v) is 7.39. The van der Waals surface area contributed by atoms with Crippen LogP contribution in [0.1, 0.15) is 62.2 Å². The Morgan fingerprint density at radius 2 is 1.96 bits per heavy atom. The van der Waals surface area contributed by atoms with Crippen molar-refractivity contribution in [2.24, 2.45) is 17.3 Å². The molecule has 0 radical (unpaired) electrons. The van der Waals surface area contributed by atoms with E-state index < -0.39 is 22.6 Å². The number of aliphatic hydroxyl groups excluding tert-OH is 1. The fourth-order valence-corrected chi connectivity index (χ4v) is 6.44. The summed E-state index contributed by atoms with van der Waals surface area (Å²) in [6.45, 7) is 2.05. The topological polar surface area (TPSA) is 104 Å². The molecule has 25 heavy (non-hydrogen) atoms. The molecule has 6 nitrogen and oxygen atoms in total. The maximum Gasteiger partial charge on any atom is 0.397 e. The van der Waals surface area contributed by atoms with Gasteiger partial charge in [-0.15, -0.1) is 0 Å². The predicted octanol–water partition coefficient (Wildman–Crippen LogP) is 2.93. The summed E-state index contributed by atoms with van der Waals surface area (Å²) < 4.78 is 36.5. The fraction of sp³-hybridized carbons (Fsp3) is 0.667. The highest BCUT2D eigenvalue weighted by Crippen LogP contribution is 2.62. The molecule has 7 heteroatoms. The van der Waals surface area contributed by atoms with Crippen molar-refractivity contribution < 1.29 is 27.4 Å². The Balaban J connectivity index is 1.67. The molecule has 6 atom stereocenters. The van der Waals surface area contributed by atoms with E-state index in [1.165, 1.54) is 0 Å². The number of fused-ring (bicyclic) bond motifs is 5. The SMILES string of the molecule is C[C@]12CC[C@@H]3c4ccc(O)cc4[C@@H](O)C[C@H]3[C@@H]1CC[C@@H]2OS(=O)(=O)O. The van der Waals surface area contributed by atoms with Crippen LogP contribution in [0.5, 0.6) is 5.75 Å². The standard InChI is InChI=1S/C18H24O6S/c1-18-7-6-12-11-3-2-10(19)8-14(11)16(20)9-13(12)15(18)4-5-17(18)24-25(21,22)23/h2-3,8,12-13,15-17,19-20H,4-7,9H2,1H3,(H,21,22,23)/t12-,13-,15+,16+,17+,18+/m1/s1. The van der Waals surface area contributed by atoms with Gasteiger partial charge in [0, 0.05) is 0 Å². The zero-order valence-electron chi connectivity index (χ0n) is 14.1. The number of benzene rings is 1. The van der Waals surface area contributed by atoms with E-state index in [0.717, 1.165) is 30.4 Å². The number of aliphatic hydroxyl groups is 1. The van der Waals surface area contributed by atoms with Gasteiger partial charge in [-0.25, -0.2) is 4.18 Å². The van der Waals surface area contributed by atoms with Gasteiger partial charge in [0.25, 0.3) is 0 Å². The molecule has 0 spiro atoms. The maximum atomic E-state index is 11.2. The molecule has 1 aromatic carbocycles. The first-order valence-electron chi connectivity index (χ1n) is 8.85. The lowest BCUT2D eigenvalue weighted by molar-refractivity contribution is -0.0289. The van der Waals surface area contributed by atoms with Crippen LogP contribution >= 0.6 is 0 Å². The summed E-state index contributed by atoms with van der Waals surface area (Å²) in [5, 5.41) is 20.3. The molecule has 3 N–H and O–H groups in total. The van der Waals surface area contributed by atoms with Gasteiger partial charge < -0.3 is 10.2 Å². The summed E-state index contributed by atoms with van der Waals surface area (Å²) in [6, 6.07) is 5.23. The lowest BCUT2D eigenvalue weighted by atomic mass is 9.55. The van der Waals surface area contributed by atoms with Crippen molar-refractivity contribution in [2.75, 3.05) is 0 Å². The Labute approximate surface area is 147 Å². The van der Waals surface area contributed by atoms with Gasteiger partial charge in [-0.05, 0) is 78.5 Å². The Kier molecular flexibility index (Phi) is 3.92. The molecule has 138 valence electrons. The van der Waals surface area contributed by atoms with Gasteiger partial charge in [-0.1, -0.05) is 13.0 Å². The van der Waals surface area contributed by atoms with Crippen molar-refractivity contribution in [3.8, 4) is 5.75 Å². The first-order valence-corrected chi connectivity index (χ1v) is 10.2. The summed E-state index contributed by atoms with van der Waals surface area (Å²) >= 11 is 0. The molecule has 0 unspecified atom stereocenters. The Hall–Kier alpha value is -1.15. The van der Waals surface area contributed by atoms with Gasteiger partial charge in [0.05, 0.1) is 12.2 Å². The smallest absolute Gasteiger partial charge is 0.397 e. The zero-order valence-corrected chi connectivity index (χ0v) is 14.9. The van der Waals surface area contributed by atoms with Crippen molar-refractivity contribution in [3.05, 3.63) is 29.3 Å². The molecular weight excluding hydrogens is 344 g/mol. The molecule has 0 heterocycles. The molecule has 0 amide bonds. The molecular formula is C18H24O6S. The molecule has 1 aromatic rings. The summed E-state index contributed by atoms with van der Waals surface area (Å²) in [7, 11) is -4.47. The number of phenolic OH excluding ortho intramolecular Hbond substituents is 1. The van der Waals surface area contributed by atoms with Crippen LogP contribution in [0.4, 0.5) is 0 Å². The molecule has 3 aliphatic carbocycles. The minimum Gasteiger partial charge on any atom is -0.508 e. The maximum absolute atomic E-state index is 11.2. The van der Waals surface area contributed by atoms with Crippen molar-refractivity contribution in [1.29, 1.82) is 0 Å². The minimum atomic E-state index is -4.47. The molecule has 0 bridgehead atoms. The minimum absolute atomic E-state index is 0.166. The number of rotatable bonds is 2. The van der Waals surface area contributed by atoms with Crippen LogP contribution in [0.3, 0.4) is 0 Å². The van der Waals surface area contributed by atoms with Crippen LogP contribution in [-0.2, 0) is 14.6 Å². The summed E-state index contributed by atoms with van der Waals surface area (Å²) in [6.07, 6.45) is 2.61. The van der Waals surface area contributed by atoms with E-state index in [9.17, 15) is 18.6 Å². The number of hydrogen-bond donors (Lipinski definition) is 3. The second-order valence-corrected chi connectivity index (χ2v) is 9.12. The molecule has 2 fully saturated rings. The number of hydrogen-bond acceptors (Lipinski definition) is 5. The highest BCUT2D eigenvalue weighted by molar-refractivity contribution is 7.80. The summed E-state index contributed by atoms with van der Waals surface area (Å²) in [4.78, 5) is 0. The van der Waals surface area contributed by atoms with E-state index in [2.05, 4.69) is 6.92 Å². The van der Waals surface area contributed by atoms with Crippen LogP contribution in [0.25, 0.3) is 0 Å². The largest absolute Gasteiger partial charge is 0.508 e. The van der Waals surface area contributed by atoms with E-state index >= 15 is 0 Å². The second-order valence-electron chi connectivity index (χ2n) is 8.08. The second kappa shape index (κ2) is 5.67. The molecule has 4 rings (SSSR count). The van der Waals surface area contributed by atoms with Crippen LogP contribution in [0.2, 0.25) is 0 Å². The van der Waals surface area contributed by atoms with E-state index in [0.29, 0.717) is 18.8 Å². The van der Waals surface area contributed by atoms with Crippen molar-refractivity contribution in [1.82, 2.24) is 0 Å². The van der Waals surface area contributed by atoms with Gasteiger partial charge in [0.15, 0.2) is 0 Å². The highest BCUT2D eigenvalue weighted by atomic mass is 32.3. The van der Waals surface area contributed by atoms with E-state index in [-0.39, 0.29) is 23.0 Å². The van der Waals surface area contributed by atoms with Crippen LogP contribution in [0, 0.1) is 17.3 Å². The van der Waals surface area contributed by atoms with E-state index in [1.807, 2.05) is 6.07 Å². The molecule has 0 aliphatic heterocycles. The van der Waals surface area contributed by atoms with Crippen molar-refractivity contribution in [2.45, 2.75) is 57.2 Å². The quantitative estimate of drug-likeness (QED) is 0.694. The fourth-order valence-electron chi connectivity index (χ4n) is 5.83. The van der Waals surface area contributed by atoms with Crippen LogP contribution in [0.15, 0.2) is 18.2 Å². The Bertz CT molecular complexity index is 791. The van der Waals surface area contributed by atoms with Gasteiger partial charge in [-0.3, -0.25) is 4.55 Å². The normalized spacial score (nSPS) is 40.2. The first-order chi connectivity index (χ1) is 11.7. The summed E-state index contributed by atoms with van der Waals surface area (Å²) in [5.41, 5.74) is 1.60. The Morgan fingerprint density at radius 3 is 2.68 bits per heavy atom. The molecule has 0 saturated heterocycles. The zero-order chi connectivity index (χ0) is 18.0. The molecule has 2 saturated carbocycles. The van der Waals surface area contributed by atoms with Crippen molar-refractivity contribution in [3.63, 3.8) is 0 Å². The van der Waals surface area contributed by atoms with Crippen LogP contribution < -0.4 is 0 Å². The average Bonchev–Trinajstić information content (AvgIpc) is 2.83. The third-order valence-electron chi connectivity index (χ3n) is 6.91. The molecule has 0 aromatic heterocycles. The Morgan fingerprint density at radius 1 is 1.20 bits per heavy atom. The van der Waals surface area contributed by atoms with Gasteiger partial charge >= 0.3 is 10.4 Å². The lowest BCUT2D eigenvalue weighted by Gasteiger charge is -2.51. The van der Waals surface area contributed by atoms with Crippen molar-refractivity contribution >= 4 is 10.4 Å². The summed E-state index contributed by atoms with van der Waals surface area (Å²) in [5.74, 6) is 0.969. The van der Waals surface area contributed by atoms with E-state index in [4.69, 9.17) is 8.74 Å². The molecule has 3 aliphatic rings. The van der Waals surface area contributed by atoms with Crippen LogP contribution in [-0.4, -0.2) is 29.3 Å². The average molecular weight is 368 g/mol. The van der Waals surface area contributed by atoms with Gasteiger partial charge in [-0.2, -0.15) is 8.42 Å². The van der Waals surface area contributed by atoms with Gasteiger partial charge in [0.1, 0.15) is 5.75 Å². The number of phenols is 1. The monoisotopic (exact) mass is 368 g/mol. The number of aromatic hydroxyl groups is 1. The predicted molar refractivity (Wildman–Crippen MR) is 90.4 cm³/mol. The lowest BCUT2D eigenvalue weighted by Crippen LogP contribution is -2.45.